The number of likely N-dealkylation sites (tertiary alicyclic amines) is 1. The van der Waals surface area contributed by atoms with Crippen LogP contribution in [-0.2, 0) is 30.2 Å². The van der Waals surface area contributed by atoms with Gasteiger partial charge in [0, 0.05) is 44.4 Å². The van der Waals surface area contributed by atoms with Crippen LogP contribution in [0.4, 0.5) is 4.79 Å². The first-order valence-electron chi connectivity index (χ1n) is 20.4. The molecule has 324 valence electrons. The fourth-order valence-electron chi connectivity index (χ4n) is 7.08. The molecule has 16 nitrogen and oxygen atoms in total. The molecule has 3 amide bonds. The summed E-state index contributed by atoms with van der Waals surface area (Å²) in [6.07, 6.45) is 10.0. The number of carbonyl (C=O) groups excluding carboxylic acids is 3. The second-order valence-corrected chi connectivity index (χ2v) is 14.9. The zero-order valence-electron chi connectivity index (χ0n) is 35.8. The van der Waals surface area contributed by atoms with Crippen LogP contribution in [0, 0.1) is 5.92 Å². The number of likely N-dealkylation sites (N-methyl/N-ethyl adjacent to an activating group) is 1. The normalized spacial score (nSPS) is 15.0. The average molecular weight is 829 g/mol. The summed E-state index contributed by atoms with van der Waals surface area (Å²) in [5, 5.41) is 8.48. The fraction of sp³-hybridized carbons (Fsp3) is 0.477. The van der Waals surface area contributed by atoms with E-state index < -0.39 is 12.1 Å². The molecule has 1 fully saturated rings. The second kappa shape index (κ2) is 22.6. The minimum atomic E-state index is -0.739. The minimum absolute atomic E-state index is 0.0423. The number of hydrogen-bond acceptors (Lipinski definition) is 11. The van der Waals surface area contributed by atoms with Gasteiger partial charge in [0.25, 0.3) is 0 Å². The van der Waals surface area contributed by atoms with Gasteiger partial charge in [0.1, 0.15) is 30.9 Å². The molecular formula is C44H60N8O8. The summed E-state index contributed by atoms with van der Waals surface area (Å²) < 4.78 is 28.4. The van der Waals surface area contributed by atoms with Gasteiger partial charge in [-0.25, -0.2) is 14.8 Å². The minimum Gasteiger partial charge on any atom is -0.487 e. The zero-order chi connectivity index (χ0) is 43.0. The molecule has 5 N–H and O–H groups in total. The molecule has 4 aromatic rings. The molecule has 2 unspecified atom stereocenters. The van der Waals surface area contributed by atoms with Crippen molar-refractivity contribution in [1.82, 2.24) is 40.8 Å². The molecule has 16 heteroatoms. The Bertz CT molecular complexity index is 2030. The number of aromatic amines is 2. The van der Waals surface area contributed by atoms with Gasteiger partial charge in [-0.3, -0.25) is 9.59 Å². The number of aryl methyl sites for hydroxylation is 1. The first-order chi connectivity index (χ1) is 29.1. The molecular weight excluding hydrogens is 769 g/mol. The predicted octanol–water partition coefficient (Wildman–Crippen LogP) is 5.44. The maximum atomic E-state index is 13.8. The van der Waals surface area contributed by atoms with E-state index in [4.69, 9.17) is 28.7 Å². The van der Waals surface area contributed by atoms with Crippen molar-refractivity contribution in [3.05, 3.63) is 72.6 Å². The standard InChI is InChI=1S/C44H60N8O8/c1-28(2)39(51-44(55)58-7)43(54)52-20-10-12-36(52)42-47-26-35(50-42)33-19-18-32(40(59-23-21-56-5)41(33)60-24-22-57-6)30-14-16-31(17-15-30)34-25-46-37(49-34)13-9-8-11-29(3)48-38(53)27-45-4/h8,11,14-19,25-26,28-29,36,39,45H,9-10,12-13,20-24,27H2,1-7H3,(H,46,49)(H,47,50)(H,48,53)(H,51,55)/b11-8-/t29-,36?,39?/m0/s1. The number of carbonyl (C=O) groups is 3. The quantitative estimate of drug-likeness (QED) is 0.0500. The first kappa shape index (κ1) is 45.4. The third-order valence-corrected chi connectivity index (χ3v) is 10.1. The maximum absolute atomic E-state index is 13.8. The van der Waals surface area contributed by atoms with E-state index in [1.807, 2.05) is 69.4 Å². The Labute approximate surface area is 352 Å². The third kappa shape index (κ3) is 11.9. The van der Waals surface area contributed by atoms with Gasteiger partial charge in [-0.05, 0) is 62.4 Å². The van der Waals surface area contributed by atoms with Crippen LogP contribution in [0.25, 0.3) is 33.6 Å². The van der Waals surface area contributed by atoms with Gasteiger partial charge in [0.15, 0.2) is 11.5 Å². The highest BCUT2D eigenvalue weighted by atomic mass is 16.6. The van der Waals surface area contributed by atoms with Gasteiger partial charge in [-0.1, -0.05) is 50.3 Å². The van der Waals surface area contributed by atoms with Gasteiger partial charge in [-0.2, -0.15) is 0 Å². The van der Waals surface area contributed by atoms with Crippen molar-refractivity contribution in [2.45, 2.75) is 64.6 Å². The van der Waals surface area contributed by atoms with E-state index in [0.29, 0.717) is 42.8 Å². The van der Waals surface area contributed by atoms with E-state index in [2.05, 4.69) is 37.0 Å². The Morgan fingerprint density at radius 1 is 0.850 bits per heavy atom. The lowest BCUT2D eigenvalue weighted by Gasteiger charge is -2.30. The van der Waals surface area contributed by atoms with Crippen LogP contribution in [0.15, 0.2) is 60.9 Å². The van der Waals surface area contributed by atoms with Gasteiger partial charge in [0.05, 0.1) is 56.7 Å². The molecule has 0 radical (unpaired) electrons. The number of methoxy groups -OCH3 is 3. The van der Waals surface area contributed by atoms with E-state index in [0.717, 1.165) is 59.5 Å². The van der Waals surface area contributed by atoms with Crippen molar-refractivity contribution in [1.29, 1.82) is 0 Å². The SMILES string of the molecule is CNCC(=O)N[C@@H](C)/C=C\CCc1ncc(-c2ccc(-c3ccc(-c4cnc(C5CCCN5C(=O)C(NC(=O)OC)C(C)C)[nH]4)c(OCCOC)c3OCCOC)cc2)[nH]1. The van der Waals surface area contributed by atoms with Crippen molar-refractivity contribution in [3.63, 3.8) is 0 Å². The Kier molecular flexibility index (Phi) is 17.1. The van der Waals surface area contributed by atoms with E-state index in [1.165, 1.54) is 7.11 Å². The number of ether oxygens (including phenoxy) is 5. The number of rotatable bonds is 22. The molecule has 0 saturated carbocycles. The number of amides is 3. The molecule has 1 aliphatic rings. The number of hydrogen-bond donors (Lipinski definition) is 5. The summed E-state index contributed by atoms with van der Waals surface area (Å²) in [4.78, 5) is 55.7. The van der Waals surface area contributed by atoms with Crippen LogP contribution in [0.3, 0.4) is 0 Å². The van der Waals surface area contributed by atoms with Crippen molar-refractivity contribution in [2.24, 2.45) is 5.92 Å². The van der Waals surface area contributed by atoms with Gasteiger partial charge >= 0.3 is 6.09 Å². The van der Waals surface area contributed by atoms with Crippen LogP contribution in [0.1, 0.15) is 57.7 Å². The second-order valence-electron chi connectivity index (χ2n) is 14.9. The third-order valence-electron chi connectivity index (χ3n) is 10.1. The summed E-state index contributed by atoms with van der Waals surface area (Å²) in [5.41, 5.74) is 5.05. The number of imidazole rings is 2. The first-order valence-corrected chi connectivity index (χ1v) is 20.4. The van der Waals surface area contributed by atoms with Crippen molar-refractivity contribution >= 4 is 17.9 Å². The Morgan fingerprint density at radius 2 is 1.52 bits per heavy atom. The van der Waals surface area contributed by atoms with Crippen molar-refractivity contribution in [3.8, 4) is 45.1 Å². The maximum Gasteiger partial charge on any atom is 0.407 e. The highest BCUT2D eigenvalue weighted by Gasteiger charge is 2.37. The Balaban J connectivity index is 1.39. The van der Waals surface area contributed by atoms with E-state index in [1.54, 1.807) is 32.4 Å². The number of allylic oxidation sites excluding steroid dienone is 1. The highest BCUT2D eigenvalue weighted by molar-refractivity contribution is 5.87. The molecule has 60 heavy (non-hydrogen) atoms. The summed E-state index contributed by atoms with van der Waals surface area (Å²) in [6, 6.07) is 11.0. The number of benzene rings is 2. The van der Waals surface area contributed by atoms with E-state index >= 15 is 0 Å². The summed E-state index contributed by atoms with van der Waals surface area (Å²) in [6.45, 7) is 7.83. The van der Waals surface area contributed by atoms with Crippen LogP contribution in [-0.4, -0.2) is 123 Å². The molecule has 0 aliphatic carbocycles. The highest BCUT2D eigenvalue weighted by Crippen LogP contribution is 2.45. The van der Waals surface area contributed by atoms with E-state index in [9.17, 15) is 14.4 Å². The number of alkyl carbamates (subject to hydrolysis) is 1. The smallest absolute Gasteiger partial charge is 0.407 e. The fourth-order valence-corrected chi connectivity index (χ4v) is 7.08. The molecule has 0 bridgehead atoms. The van der Waals surface area contributed by atoms with Gasteiger partial charge < -0.3 is 54.5 Å². The van der Waals surface area contributed by atoms with Crippen LogP contribution in [0.5, 0.6) is 11.5 Å². The molecule has 3 heterocycles. The lowest BCUT2D eigenvalue weighted by Crippen LogP contribution is -2.51. The molecule has 1 aliphatic heterocycles. The summed E-state index contributed by atoms with van der Waals surface area (Å²) in [5.74, 6) is 2.20. The van der Waals surface area contributed by atoms with Crippen molar-refractivity contribution < 1.29 is 38.1 Å². The lowest BCUT2D eigenvalue weighted by atomic mass is 9.98. The molecule has 5 rings (SSSR count). The van der Waals surface area contributed by atoms with Crippen LogP contribution in [0.2, 0.25) is 0 Å². The van der Waals surface area contributed by atoms with Crippen LogP contribution < -0.4 is 25.4 Å². The molecule has 0 spiro atoms. The lowest BCUT2D eigenvalue weighted by molar-refractivity contribution is -0.135. The number of H-pyrrole nitrogens is 2. The topological polar surface area (TPSA) is 194 Å². The van der Waals surface area contributed by atoms with Gasteiger partial charge in [-0.15, -0.1) is 0 Å². The largest absolute Gasteiger partial charge is 0.487 e. The van der Waals surface area contributed by atoms with E-state index in [-0.39, 0.29) is 49.6 Å². The Hall–Kier alpha value is -5.71. The monoisotopic (exact) mass is 828 g/mol. The number of nitrogens with one attached hydrogen (secondary N) is 5. The predicted molar refractivity (Wildman–Crippen MR) is 229 cm³/mol. The summed E-state index contributed by atoms with van der Waals surface area (Å²) in [7, 11) is 6.27. The van der Waals surface area contributed by atoms with Gasteiger partial charge in [0.2, 0.25) is 11.8 Å². The summed E-state index contributed by atoms with van der Waals surface area (Å²) >= 11 is 0. The Morgan fingerprint density at radius 3 is 2.18 bits per heavy atom. The average Bonchev–Trinajstić information content (AvgIpc) is 4.04. The molecule has 1 saturated heterocycles. The number of aromatic nitrogens is 4. The molecule has 2 aromatic heterocycles. The zero-order valence-corrected chi connectivity index (χ0v) is 35.8. The van der Waals surface area contributed by atoms with Crippen LogP contribution >= 0.6 is 0 Å². The van der Waals surface area contributed by atoms with Crippen molar-refractivity contribution in [2.75, 3.05) is 67.9 Å². The number of nitrogens with zero attached hydrogens (tertiary/aromatic N) is 3. The molecule has 3 atom stereocenters. The molecule has 2 aromatic carbocycles.